The Kier molecular flexibility index (Phi) is 8.16. The van der Waals surface area contributed by atoms with Gasteiger partial charge in [0.2, 0.25) is 0 Å². The van der Waals surface area contributed by atoms with Crippen LogP contribution in [0, 0.1) is 0 Å². The molecular weight excluding hydrogens is 684 g/mol. The molecule has 5 heterocycles. The van der Waals surface area contributed by atoms with Gasteiger partial charge in [-0.05, 0) is 77.4 Å². The number of nitrogens with zero attached hydrogens (tertiary/aromatic N) is 2. The molecule has 262 valence electrons. The van der Waals surface area contributed by atoms with Gasteiger partial charge in [-0.2, -0.15) is 0 Å². The van der Waals surface area contributed by atoms with Crippen LogP contribution in [0.1, 0.15) is 22.8 Å². The minimum absolute atomic E-state index is 0.125. The summed E-state index contributed by atoms with van der Waals surface area (Å²) in [5, 5.41) is 3.25. The first-order valence-electron chi connectivity index (χ1n) is 17.3. The smallest absolute Gasteiger partial charge is 0.404 e. The molecule has 0 aliphatic carbocycles. The van der Waals surface area contributed by atoms with Gasteiger partial charge in [0.15, 0.2) is 5.75 Å². The molecule has 0 saturated heterocycles. The number of fused-ring (bicyclic) bond motifs is 8. The van der Waals surface area contributed by atoms with E-state index in [0.717, 1.165) is 61.3 Å². The Morgan fingerprint density at radius 2 is 0.833 bits per heavy atom. The number of ether oxygens (including phenoxy) is 1. The van der Waals surface area contributed by atoms with Crippen LogP contribution >= 0.6 is 0 Å². The first-order valence-corrected chi connectivity index (χ1v) is 17.3. The monoisotopic (exact) mass is 713 g/mol. The molecular formula is C45H30F3N5O. The molecule has 4 aromatic carbocycles. The van der Waals surface area contributed by atoms with E-state index < -0.39 is 6.36 Å². The van der Waals surface area contributed by atoms with Crippen LogP contribution < -0.4 is 10.1 Å². The highest BCUT2D eigenvalue weighted by Gasteiger charge is 2.32. The molecule has 9 heteroatoms. The molecule has 0 fully saturated rings. The van der Waals surface area contributed by atoms with Crippen molar-refractivity contribution in [3.63, 3.8) is 0 Å². The molecule has 0 amide bonds. The van der Waals surface area contributed by atoms with Gasteiger partial charge in [-0.15, -0.1) is 13.2 Å². The summed E-state index contributed by atoms with van der Waals surface area (Å²) in [6.07, 6.45) is 2.96. The molecule has 7 aromatic rings. The third kappa shape index (κ3) is 6.32. The van der Waals surface area contributed by atoms with Crippen molar-refractivity contribution in [2.45, 2.75) is 6.36 Å². The summed E-state index contributed by atoms with van der Waals surface area (Å²) in [6.45, 7) is 0. The second kappa shape index (κ2) is 13.4. The molecule has 0 radical (unpaired) electrons. The van der Waals surface area contributed by atoms with Crippen LogP contribution in [0.15, 0.2) is 140 Å². The Labute approximate surface area is 308 Å². The molecule has 0 spiro atoms. The van der Waals surface area contributed by atoms with Gasteiger partial charge < -0.3 is 20.0 Å². The van der Waals surface area contributed by atoms with Gasteiger partial charge >= 0.3 is 6.36 Å². The van der Waals surface area contributed by atoms with Gasteiger partial charge in [0.05, 0.1) is 39.7 Å². The maximum absolute atomic E-state index is 13.5. The van der Waals surface area contributed by atoms with E-state index in [2.05, 4.69) is 38.2 Å². The quantitative estimate of drug-likeness (QED) is 0.160. The summed E-state index contributed by atoms with van der Waals surface area (Å²) < 4.78 is 45.1. The second-order valence-electron chi connectivity index (χ2n) is 12.8. The molecule has 0 unspecified atom stereocenters. The maximum Gasteiger partial charge on any atom is 0.573 e. The number of halogens is 3. The summed E-state index contributed by atoms with van der Waals surface area (Å²) in [4.78, 5) is 17.7. The summed E-state index contributed by atoms with van der Waals surface area (Å²) in [6, 6.07) is 44.1. The molecule has 2 aliphatic heterocycles. The van der Waals surface area contributed by atoms with Crippen LogP contribution in [-0.2, 0) is 0 Å². The lowest BCUT2D eigenvalue weighted by Gasteiger charge is -2.15. The number of benzene rings is 4. The number of alkyl halides is 3. The van der Waals surface area contributed by atoms with Crippen LogP contribution in [0.3, 0.4) is 0 Å². The Hall–Kier alpha value is -7.13. The second-order valence-corrected chi connectivity index (χ2v) is 12.8. The number of aromatic amines is 2. The van der Waals surface area contributed by atoms with Crippen molar-refractivity contribution in [1.82, 2.24) is 19.9 Å². The highest BCUT2D eigenvalue weighted by molar-refractivity contribution is 5.99. The highest BCUT2D eigenvalue weighted by Crippen LogP contribution is 2.39. The largest absolute Gasteiger partial charge is 0.573 e. The number of aromatic nitrogens is 4. The van der Waals surface area contributed by atoms with Crippen LogP contribution in [0.2, 0.25) is 0 Å². The zero-order chi connectivity index (χ0) is 36.6. The number of rotatable bonds is 6. The fraction of sp³-hybridized carbons (Fsp3) is 0.0222. The predicted molar refractivity (Wildman–Crippen MR) is 212 cm³/mol. The molecule has 3 aromatic heterocycles. The number of para-hydroxylation sites is 2. The van der Waals surface area contributed by atoms with Crippen molar-refractivity contribution in [3.05, 3.63) is 162 Å². The van der Waals surface area contributed by atoms with Gasteiger partial charge in [-0.25, -0.2) is 9.97 Å². The third-order valence-corrected chi connectivity index (χ3v) is 9.31. The summed E-state index contributed by atoms with van der Waals surface area (Å²) >= 11 is 0. The molecule has 6 nitrogen and oxygen atoms in total. The van der Waals surface area contributed by atoms with Crippen molar-refractivity contribution in [2.24, 2.45) is 0 Å². The predicted octanol–water partition coefficient (Wildman–Crippen LogP) is 12.3. The number of H-pyrrole nitrogens is 2. The summed E-state index contributed by atoms with van der Waals surface area (Å²) in [7, 11) is 0. The van der Waals surface area contributed by atoms with Gasteiger partial charge in [-0.3, -0.25) is 0 Å². The molecule has 0 atom stereocenters. The van der Waals surface area contributed by atoms with E-state index in [1.807, 2.05) is 121 Å². The zero-order valence-corrected chi connectivity index (χ0v) is 28.5. The average Bonchev–Trinajstić information content (AvgIpc) is 4.02. The molecule has 0 saturated carbocycles. The van der Waals surface area contributed by atoms with Crippen LogP contribution in [0.25, 0.3) is 79.8 Å². The summed E-state index contributed by atoms with van der Waals surface area (Å²) in [5.41, 5.74) is 11.9. The normalized spacial score (nSPS) is 12.2. The minimum Gasteiger partial charge on any atom is -0.404 e. The van der Waals surface area contributed by atoms with Crippen LogP contribution in [0.5, 0.6) is 5.75 Å². The van der Waals surface area contributed by atoms with E-state index in [1.165, 1.54) is 12.1 Å². The lowest BCUT2D eigenvalue weighted by molar-refractivity contribution is -0.274. The maximum atomic E-state index is 13.5. The standard InChI is InChI=1S/C45H30F3N5O/c46-45(47,48)54-40-19-11-10-18-31(40)53-44-38-26-24-36(51-38)42(29-14-6-2-7-15-29)34-22-20-32(49-34)41(28-12-4-1-5-13-28)33-21-23-35(50-33)43(30-16-8-3-9-17-30)37-25-27-39(44)52-37/h1-27,49,52-53H. The van der Waals surface area contributed by atoms with Crippen LogP contribution in [-0.4, -0.2) is 26.3 Å². The first kappa shape index (κ1) is 32.8. The Bertz CT molecular complexity index is 2710. The number of hydrogen-bond donors (Lipinski definition) is 3. The van der Waals surface area contributed by atoms with Gasteiger partial charge in [-0.1, -0.05) is 103 Å². The fourth-order valence-electron chi connectivity index (χ4n) is 6.98. The summed E-state index contributed by atoms with van der Waals surface area (Å²) in [5.74, 6) is -0.367. The average molecular weight is 714 g/mol. The topological polar surface area (TPSA) is 78.6 Å². The van der Waals surface area contributed by atoms with E-state index in [4.69, 9.17) is 9.97 Å². The zero-order valence-electron chi connectivity index (χ0n) is 28.5. The van der Waals surface area contributed by atoms with Crippen molar-refractivity contribution < 1.29 is 17.9 Å². The molecule has 54 heavy (non-hydrogen) atoms. The van der Waals surface area contributed by atoms with Crippen molar-refractivity contribution in [3.8, 4) is 39.1 Å². The molecule has 9 rings (SSSR count). The van der Waals surface area contributed by atoms with Gasteiger partial charge in [0.25, 0.3) is 0 Å². The SMILES string of the molecule is FC(F)(F)Oc1ccccc1Nc1c2nc(c(-c3ccccc3)c3ccc([nH]3)c(-c3ccccc3)c3nc(c(-c4ccccc4)c4ccc1[nH]4)C=C3)C=C2. The van der Waals surface area contributed by atoms with E-state index in [1.54, 1.807) is 12.1 Å². The number of nitrogens with one attached hydrogen (secondary N) is 3. The third-order valence-electron chi connectivity index (χ3n) is 9.31. The minimum atomic E-state index is -4.88. The Balaban J connectivity index is 1.41. The van der Waals surface area contributed by atoms with Gasteiger partial charge in [0.1, 0.15) is 0 Å². The van der Waals surface area contributed by atoms with Crippen molar-refractivity contribution >= 4 is 57.7 Å². The van der Waals surface area contributed by atoms with Crippen molar-refractivity contribution in [2.75, 3.05) is 5.32 Å². The van der Waals surface area contributed by atoms with Crippen LogP contribution in [0.4, 0.5) is 24.5 Å². The number of hydrogen-bond acceptors (Lipinski definition) is 4. The number of anilines is 2. The molecule has 3 N–H and O–H groups in total. The molecule has 2 aliphatic rings. The lowest BCUT2D eigenvalue weighted by atomic mass is 10.0. The van der Waals surface area contributed by atoms with E-state index in [9.17, 15) is 13.2 Å². The Morgan fingerprint density at radius 1 is 0.444 bits per heavy atom. The van der Waals surface area contributed by atoms with Crippen molar-refractivity contribution in [1.29, 1.82) is 0 Å². The van der Waals surface area contributed by atoms with E-state index in [0.29, 0.717) is 22.6 Å². The lowest BCUT2D eigenvalue weighted by Crippen LogP contribution is -2.17. The van der Waals surface area contributed by atoms with Gasteiger partial charge in [0, 0.05) is 33.2 Å². The van der Waals surface area contributed by atoms with E-state index in [-0.39, 0.29) is 11.4 Å². The first-order chi connectivity index (χ1) is 26.4. The Morgan fingerprint density at radius 3 is 1.31 bits per heavy atom. The molecule has 8 bridgehead atoms. The van der Waals surface area contributed by atoms with E-state index >= 15 is 0 Å². The highest BCUT2D eigenvalue weighted by atomic mass is 19.4. The fourth-order valence-corrected chi connectivity index (χ4v) is 6.98.